The molecule has 0 aliphatic rings. The van der Waals surface area contributed by atoms with Crippen LogP contribution in [-0.4, -0.2) is 5.91 Å². The van der Waals surface area contributed by atoms with E-state index in [0.29, 0.717) is 11.3 Å². The molecule has 0 heterocycles. The molecule has 0 spiro atoms. The summed E-state index contributed by atoms with van der Waals surface area (Å²) in [5.41, 5.74) is 1.23. The van der Waals surface area contributed by atoms with Gasteiger partial charge in [0.15, 0.2) is 0 Å². The van der Waals surface area contributed by atoms with Crippen molar-refractivity contribution in [2.75, 3.05) is 5.32 Å². The Morgan fingerprint density at radius 3 is 2.93 bits per heavy atom. The van der Waals surface area contributed by atoms with E-state index in [9.17, 15) is 4.79 Å². The molecule has 0 aliphatic heterocycles. The van der Waals surface area contributed by atoms with E-state index in [1.54, 1.807) is 24.3 Å². The van der Waals surface area contributed by atoms with Crippen LogP contribution in [0.3, 0.4) is 0 Å². The van der Waals surface area contributed by atoms with Crippen molar-refractivity contribution in [3.8, 4) is 6.07 Å². The second-order valence-corrected chi connectivity index (χ2v) is 3.49. The normalized spacial score (nSPS) is 11.5. The minimum absolute atomic E-state index is 0.00394. The first-order valence-corrected chi connectivity index (χ1v) is 4.98. The van der Waals surface area contributed by atoms with E-state index in [2.05, 4.69) is 5.32 Å². The highest BCUT2D eigenvalue weighted by Gasteiger charge is 2.10. The molecular weight excluding hydrogens is 188 g/mol. The molecule has 3 heteroatoms. The number of nitrogens with zero attached hydrogens (tertiary/aromatic N) is 1. The molecule has 15 heavy (non-hydrogen) atoms. The average molecular weight is 202 g/mol. The standard InChI is InChI=1S/C12H14N2O/c1-3-9(2)12(15)14-11-6-4-5-10(7-11)8-13/h4-7,9H,3H2,1-2H3,(H,14,15). The summed E-state index contributed by atoms with van der Waals surface area (Å²) in [6, 6.07) is 8.94. The SMILES string of the molecule is CCC(C)C(=O)Nc1cccc(C#N)c1. The molecule has 1 N–H and O–H groups in total. The quantitative estimate of drug-likeness (QED) is 0.818. The van der Waals surface area contributed by atoms with Gasteiger partial charge in [0, 0.05) is 11.6 Å². The monoisotopic (exact) mass is 202 g/mol. The highest BCUT2D eigenvalue weighted by atomic mass is 16.1. The van der Waals surface area contributed by atoms with E-state index in [4.69, 9.17) is 5.26 Å². The maximum absolute atomic E-state index is 11.5. The first kappa shape index (κ1) is 11.3. The number of rotatable bonds is 3. The summed E-state index contributed by atoms with van der Waals surface area (Å²) >= 11 is 0. The summed E-state index contributed by atoms with van der Waals surface area (Å²) in [6.07, 6.45) is 0.809. The van der Waals surface area contributed by atoms with Gasteiger partial charge in [-0.25, -0.2) is 0 Å². The number of nitriles is 1. The molecule has 0 saturated heterocycles. The van der Waals surface area contributed by atoms with Crippen LogP contribution in [0.4, 0.5) is 5.69 Å². The van der Waals surface area contributed by atoms with E-state index in [1.807, 2.05) is 19.9 Å². The Morgan fingerprint density at radius 2 is 2.33 bits per heavy atom. The lowest BCUT2D eigenvalue weighted by molar-refractivity contribution is -0.119. The number of carbonyl (C=O) groups excluding carboxylic acids is 1. The molecule has 1 amide bonds. The summed E-state index contributed by atoms with van der Waals surface area (Å²) in [7, 11) is 0. The number of anilines is 1. The van der Waals surface area contributed by atoms with Gasteiger partial charge in [0.05, 0.1) is 11.6 Å². The van der Waals surface area contributed by atoms with Gasteiger partial charge in [0.25, 0.3) is 0 Å². The number of amides is 1. The van der Waals surface area contributed by atoms with Crippen molar-refractivity contribution in [1.29, 1.82) is 5.26 Å². The molecule has 78 valence electrons. The Bertz CT molecular complexity index is 393. The number of hydrogen-bond acceptors (Lipinski definition) is 2. The van der Waals surface area contributed by atoms with Crippen LogP contribution in [0.2, 0.25) is 0 Å². The fraction of sp³-hybridized carbons (Fsp3) is 0.333. The van der Waals surface area contributed by atoms with Crippen LogP contribution in [0, 0.1) is 17.2 Å². The first-order valence-electron chi connectivity index (χ1n) is 4.98. The van der Waals surface area contributed by atoms with Gasteiger partial charge < -0.3 is 5.32 Å². The minimum atomic E-state index is -0.00686. The number of carbonyl (C=O) groups is 1. The van der Waals surface area contributed by atoms with Crippen molar-refractivity contribution in [2.24, 2.45) is 5.92 Å². The van der Waals surface area contributed by atoms with Crippen LogP contribution >= 0.6 is 0 Å². The lowest BCUT2D eigenvalue weighted by Crippen LogP contribution is -2.19. The van der Waals surface area contributed by atoms with Crippen LogP contribution in [0.1, 0.15) is 25.8 Å². The van der Waals surface area contributed by atoms with Crippen molar-refractivity contribution in [3.05, 3.63) is 29.8 Å². The summed E-state index contributed by atoms with van der Waals surface area (Å²) in [5, 5.41) is 11.5. The van der Waals surface area contributed by atoms with E-state index >= 15 is 0 Å². The van der Waals surface area contributed by atoms with Gasteiger partial charge in [0.1, 0.15) is 0 Å². The third-order valence-electron chi connectivity index (χ3n) is 2.32. The fourth-order valence-corrected chi connectivity index (χ4v) is 1.12. The fourth-order valence-electron chi connectivity index (χ4n) is 1.12. The van der Waals surface area contributed by atoms with Crippen molar-refractivity contribution in [1.82, 2.24) is 0 Å². The van der Waals surface area contributed by atoms with E-state index in [-0.39, 0.29) is 11.8 Å². The highest BCUT2D eigenvalue weighted by molar-refractivity contribution is 5.92. The zero-order valence-corrected chi connectivity index (χ0v) is 8.95. The maximum Gasteiger partial charge on any atom is 0.227 e. The molecule has 0 saturated carbocycles. The van der Waals surface area contributed by atoms with Crippen LogP contribution in [-0.2, 0) is 4.79 Å². The molecule has 1 atom stereocenters. The molecule has 3 nitrogen and oxygen atoms in total. The predicted molar refractivity (Wildman–Crippen MR) is 59.2 cm³/mol. The Morgan fingerprint density at radius 1 is 1.60 bits per heavy atom. The van der Waals surface area contributed by atoms with E-state index in [1.165, 1.54) is 0 Å². The Labute approximate surface area is 89.7 Å². The second kappa shape index (κ2) is 5.16. The Balaban J connectivity index is 2.73. The average Bonchev–Trinajstić information content (AvgIpc) is 2.28. The van der Waals surface area contributed by atoms with Crippen LogP contribution < -0.4 is 5.32 Å². The summed E-state index contributed by atoms with van der Waals surface area (Å²) in [4.78, 5) is 11.5. The summed E-state index contributed by atoms with van der Waals surface area (Å²) < 4.78 is 0. The third-order valence-corrected chi connectivity index (χ3v) is 2.32. The molecule has 1 aromatic rings. The van der Waals surface area contributed by atoms with Gasteiger partial charge in [-0.05, 0) is 24.6 Å². The Kier molecular flexibility index (Phi) is 3.87. The first-order chi connectivity index (χ1) is 7.17. The highest BCUT2D eigenvalue weighted by Crippen LogP contribution is 2.12. The maximum atomic E-state index is 11.5. The van der Waals surface area contributed by atoms with Crippen molar-refractivity contribution in [2.45, 2.75) is 20.3 Å². The van der Waals surface area contributed by atoms with Gasteiger partial charge in [-0.2, -0.15) is 5.26 Å². The predicted octanol–water partition coefficient (Wildman–Crippen LogP) is 2.54. The van der Waals surface area contributed by atoms with E-state index in [0.717, 1.165) is 6.42 Å². The number of nitrogens with one attached hydrogen (secondary N) is 1. The van der Waals surface area contributed by atoms with Crippen molar-refractivity contribution in [3.63, 3.8) is 0 Å². The van der Waals surface area contributed by atoms with Crippen LogP contribution in [0.15, 0.2) is 24.3 Å². The van der Waals surface area contributed by atoms with Crippen LogP contribution in [0.5, 0.6) is 0 Å². The molecular formula is C12H14N2O. The van der Waals surface area contributed by atoms with Crippen molar-refractivity contribution < 1.29 is 4.79 Å². The zero-order valence-electron chi connectivity index (χ0n) is 8.95. The molecule has 0 aliphatic carbocycles. The Hall–Kier alpha value is -1.82. The smallest absolute Gasteiger partial charge is 0.227 e. The van der Waals surface area contributed by atoms with Gasteiger partial charge in [-0.15, -0.1) is 0 Å². The van der Waals surface area contributed by atoms with Gasteiger partial charge >= 0.3 is 0 Å². The van der Waals surface area contributed by atoms with Crippen LogP contribution in [0.25, 0.3) is 0 Å². The lowest BCUT2D eigenvalue weighted by Gasteiger charge is -2.09. The number of benzene rings is 1. The van der Waals surface area contributed by atoms with E-state index < -0.39 is 0 Å². The molecule has 0 fully saturated rings. The zero-order chi connectivity index (χ0) is 11.3. The molecule has 0 aromatic heterocycles. The van der Waals surface area contributed by atoms with Crippen molar-refractivity contribution >= 4 is 11.6 Å². The molecule has 1 rings (SSSR count). The second-order valence-electron chi connectivity index (χ2n) is 3.49. The topological polar surface area (TPSA) is 52.9 Å². The summed E-state index contributed by atoms with van der Waals surface area (Å²) in [5.74, 6) is -0.0108. The van der Waals surface area contributed by atoms with Gasteiger partial charge in [-0.3, -0.25) is 4.79 Å². The van der Waals surface area contributed by atoms with Gasteiger partial charge in [0.2, 0.25) is 5.91 Å². The largest absolute Gasteiger partial charge is 0.326 e. The minimum Gasteiger partial charge on any atom is -0.326 e. The lowest BCUT2D eigenvalue weighted by atomic mass is 10.1. The number of hydrogen-bond donors (Lipinski definition) is 1. The molecule has 1 unspecified atom stereocenters. The summed E-state index contributed by atoms with van der Waals surface area (Å²) in [6.45, 7) is 3.85. The molecule has 0 bridgehead atoms. The third kappa shape index (κ3) is 3.10. The molecule has 0 radical (unpaired) electrons. The molecule has 1 aromatic carbocycles. The van der Waals surface area contributed by atoms with Gasteiger partial charge in [-0.1, -0.05) is 19.9 Å².